The monoisotopic (exact) mass is 282 g/mol. The standard InChI is InChI=1S/C19H22O2/c1-14(15-8-4-2-5-9-15)12-17-13-18(19(20)21-17)16-10-6-3-7-11-16/h3,6-7,10-11,13,15,17H,1-2,4-5,8-9,12H2/t17-/m1/s1. The van der Waals surface area contributed by atoms with Crippen LogP contribution < -0.4 is 0 Å². The lowest BCUT2D eigenvalue weighted by Crippen LogP contribution is -2.15. The zero-order chi connectivity index (χ0) is 14.7. The number of carbonyl (C=O) groups is 1. The van der Waals surface area contributed by atoms with Crippen LogP contribution in [0.15, 0.2) is 48.6 Å². The Morgan fingerprint density at radius 3 is 2.57 bits per heavy atom. The van der Waals surface area contributed by atoms with E-state index in [-0.39, 0.29) is 12.1 Å². The summed E-state index contributed by atoms with van der Waals surface area (Å²) in [5.41, 5.74) is 2.88. The second-order valence-corrected chi connectivity index (χ2v) is 6.09. The zero-order valence-electron chi connectivity index (χ0n) is 12.4. The SMILES string of the molecule is C=C(C[C@@H]1C=C(c2ccccc2)C(=O)O1)C1CCCCC1. The van der Waals surface area contributed by atoms with Gasteiger partial charge in [0.25, 0.3) is 0 Å². The summed E-state index contributed by atoms with van der Waals surface area (Å²) in [6, 6.07) is 9.74. The van der Waals surface area contributed by atoms with Gasteiger partial charge in [-0.2, -0.15) is 0 Å². The molecule has 0 saturated heterocycles. The van der Waals surface area contributed by atoms with Gasteiger partial charge in [-0.25, -0.2) is 4.79 Å². The first-order valence-electron chi connectivity index (χ1n) is 7.90. The Morgan fingerprint density at radius 1 is 1.14 bits per heavy atom. The molecule has 2 heteroatoms. The normalized spacial score (nSPS) is 22.8. The lowest BCUT2D eigenvalue weighted by Gasteiger charge is -2.24. The maximum absolute atomic E-state index is 12.0. The third kappa shape index (κ3) is 3.26. The van der Waals surface area contributed by atoms with Gasteiger partial charge in [0.2, 0.25) is 0 Å². The number of hydrogen-bond acceptors (Lipinski definition) is 2. The van der Waals surface area contributed by atoms with Crippen LogP contribution in [0.25, 0.3) is 5.57 Å². The molecular formula is C19H22O2. The largest absolute Gasteiger partial charge is 0.454 e. The molecule has 110 valence electrons. The highest BCUT2D eigenvalue weighted by molar-refractivity contribution is 6.18. The number of rotatable bonds is 4. The van der Waals surface area contributed by atoms with Crippen LogP contribution in [-0.2, 0) is 9.53 Å². The van der Waals surface area contributed by atoms with Crippen molar-refractivity contribution < 1.29 is 9.53 Å². The van der Waals surface area contributed by atoms with Crippen LogP contribution in [0.2, 0.25) is 0 Å². The van der Waals surface area contributed by atoms with E-state index in [4.69, 9.17) is 4.74 Å². The molecule has 0 N–H and O–H groups in total. The predicted octanol–water partition coefficient (Wildman–Crippen LogP) is 4.52. The molecule has 0 aromatic heterocycles. The van der Waals surface area contributed by atoms with Crippen LogP contribution in [-0.4, -0.2) is 12.1 Å². The molecule has 3 rings (SSSR count). The van der Waals surface area contributed by atoms with E-state index in [1.54, 1.807) is 0 Å². The van der Waals surface area contributed by atoms with Crippen LogP contribution in [0.3, 0.4) is 0 Å². The Morgan fingerprint density at radius 2 is 1.86 bits per heavy atom. The number of benzene rings is 1. The van der Waals surface area contributed by atoms with Crippen LogP contribution in [0.4, 0.5) is 0 Å². The van der Waals surface area contributed by atoms with Crippen molar-refractivity contribution in [2.45, 2.75) is 44.6 Å². The average molecular weight is 282 g/mol. The lowest BCUT2D eigenvalue weighted by atomic mass is 9.82. The molecule has 2 nitrogen and oxygen atoms in total. The second-order valence-electron chi connectivity index (χ2n) is 6.09. The van der Waals surface area contributed by atoms with Crippen LogP contribution in [0.1, 0.15) is 44.1 Å². The third-order valence-electron chi connectivity index (χ3n) is 4.56. The molecule has 0 radical (unpaired) electrons. The average Bonchev–Trinajstić information content (AvgIpc) is 2.89. The fraction of sp³-hybridized carbons (Fsp3) is 0.421. The number of carbonyl (C=O) groups excluding carboxylic acids is 1. The van der Waals surface area contributed by atoms with Crippen molar-refractivity contribution in [1.29, 1.82) is 0 Å². The maximum Gasteiger partial charge on any atom is 0.339 e. The summed E-state index contributed by atoms with van der Waals surface area (Å²) in [6.07, 6.45) is 9.04. The zero-order valence-corrected chi connectivity index (χ0v) is 12.4. The summed E-state index contributed by atoms with van der Waals surface area (Å²) in [4.78, 5) is 12.0. The van der Waals surface area contributed by atoms with Gasteiger partial charge in [-0.15, -0.1) is 0 Å². The molecule has 0 bridgehead atoms. The van der Waals surface area contributed by atoms with Crippen LogP contribution in [0, 0.1) is 5.92 Å². The molecule has 1 atom stereocenters. The Labute approximate surface area is 126 Å². The molecule has 1 heterocycles. The van der Waals surface area contributed by atoms with Crippen molar-refractivity contribution in [3.8, 4) is 0 Å². The van der Waals surface area contributed by atoms with E-state index in [0.717, 1.165) is 12.0 Å². The topological polar surface area (TPSA) is 26.3 Å². The quantitative estimate of drug-likeness (QED) is 0.599. The Balaban J connectivity index is 1.66. The summed E-state index contributed by atoms with van der Waals surface area (Å²) in [7, 11) is 0. The molecule has 1 saturated carbocycles. The molecular weight excluding hydrogens is 260 g/mol. The van der Waals surface area contributed by atoms with Crippen molar-refractivity contribution in [1.82, 2.24) is 0 Å². The van der Waals surface area contributed by atoms with E-state index >= 15 is 0 Å². The number of ether oxygens (including phenoxy) is 1. The highest BCUT2D eigenvalue weighted by Crippen LogP contribution is 2.33. The Hall–Kier alpha value is -1.83. The molecule has 1 aliphatic carbocycles. The lowest BCUT2D eigenvalue weighted by molar-refractivity contribution is -0.137. The molecule has 21 heavy (non-hydrogen) atoms. The minimum Gasteiger partial charge on any atom is -0.454 e. The molecule has 0 amide bonds. The highest BCUT2D eigenvalue weighted by atomic mass is 16.5. The van der Waals surface area contributed by atoms with Gasteiger partial charge >= 0.3 is 5.97 Å². The van der Waals surface area contributed by atoms with Crippen molar-refractivity contribution in [2.24, 2.45) is 5.92 Å². The van der Waals surface area contributed by atoms with Gasteiger partial charge in [0, 0.05) is 6.42 Å². The molecule has 1 aromatic rings. The van der Waals surface area contributed by atoms with Gasteiger partial charge in [0.05, 0.1) is 5.57 Å². The van der Waals surface area contributed by atoms with Gasteiger partial charge in [0.1, 0.15) is 6.10 Å². The summed E-state index contributed by atoms with van der Waals surface area (Å²) in [6.45, 7) is 4.24. The van der Waals surface area contributed by atoms with Gasteiger partial charge < -0.3 is 4.74 Å². The van der Waals surface area contributed by atoms with Crippen molar-refractivity contribution in [2.75, 3.05) is 0 Å². The van der Waals surface area contributed by atoms with E-state index in [2.05, 4.69) is 6.58 Å². The summed E-state index contributed by atoms with van der Waals surface area (Å²) in [5.74, 6) is 0.411. The predicted molar refractivity (Wildman–Crippen MR) is 84.6 cm³/mol. The van der Waals surface area contributed by atoms with Crippen LogP contribution >= 0.6 is 0 Å². The van der Waals surface area contributed by atoms with E-state index in [0.29, 0.717) is 11.5 Å². The molecule has 1 fully saturated rings. The minimum absolute atomic E-state index is 0.137. The summed E-state index contributed by atoms with van der Waals surface area (Å²) >= 11 is 0. The first kappa shape index (κ1) is 14.1. The first-order chi connectivity index (χ1) is 10.2. The first-order valence-corrected chi connectivity index (χ1v) is 7.90. The molecule has 0 unspecified atom stereocenters. The Kier molecular flexibility index (Phi) is 4.23. The van der Waals surface area contributed by atoms with Gasteiger partial charge in [-0.1, -0.05) is 61.7 Å². The van der Waals surface area contributed by atoms with Gasteiger partial charge in [-0.05, 0) is 30.4 Å². The smallest absolute Gasteiger partial charge is 0.339 e. The number of esters is 1. The van der Waals surface area contributed by atoms with Gasteiger partial charge in [-0.3, -0.25) is 0 Å². The summed E-state index contributed by atoms with van der Waals surface area (Å²) in [5, 5.41) is 0. The van der Waals surface area contributed by atoms with Crippen LogP contribution in [0.5, 0.6) is 0 Å². The Bertz CT molecular complexity index is 550. The van der Waals surface area contributed by atoms with E-state index in [1.165, 1.54) is 37.7 Å². The van der Waals surface area contributed by atoms with E-state index < -0.39 is 0 Å². The molecule has 0 spiro atoms. The van der Waals surface area contributed by atoms with E-state index in [1.807, 2.05) is 36.4 Å². The minimum atomic E-state index is -0.206. The maximum atomic E-state index is 12.0. The number of hydrogen-bond donors (Lipinski definition) is 0. The third-order valence-corrected chi connectivity index (χ3v) is 4.56. The highest BCUT2D eigenvalue weighted by Gasteiger charge is 2.28. The second kappa shape index (κ2) is 6.30. The van der Waals surface area contributed by atoms with Crippen molar-refractivity contribution in [3.05, 3.63) is 54.1 Å². The molecule has 2 aliphatic rings. The van der Waals surface area contributed by atoms with Gasteiger partial charge in [0.15, 0.2) is 0 Å². The van der Waals surface area contributed by atoms with Crippen molar-refractivity contribution in [3.63, 3.8) is 0 Å². The fourth-order valence-electron chi connectivity index (χ4n) is 3.36. The summed E-state index contributed by atoms with van der Waals surface area (Å²) < 4.78 is 5.50. The molecule has 1 aliphatic heterocycles. The fourth-order valence-corrected chi connectivity index (χ4v) is 3.36. The van der Waals surface area contributed by atoms with E-state index in [9.17, 15) is 4.79 Å². The molecule has 1 aromatic carbocycles. The number of cyclic esters (lactones) is 1. The van der Waals surface area contributed by atoms with Crippen molar-refractivity contribution >= 4 is 11.5 Å².